The maximum atomic E-state index is 14.6. The second-order valence-corrected chi connectivity index (χ2v) is 14.1. The predicted molar refractivity (Wildman–Crippen MR) is 170 cm³/mol. The van der Waals surface area contributed by atoms with E-state index in [1.54, 1.807) is 72.7 Å². The molecule has 3 aromatic rings. The number of nitrogens with zero attached hydrogens (tertiary/aromatic N) is 1. The highest BCUT2D eigenvalue weighted by Gasteiger charge is 2.42. The number of carbonyl (C=O) groups excluding carboxylic acids is 1. The minimum Gasteiger partial charge on any atom is -0.455 e. The van der Waals surface area contributed by atoms with Gasteiger partial charge in [0.2, 0.25) is 10.0 Å². The Hall–Kier alpha value is -3.04. The van der Waals surface area contributed by atoms with Crippen LogP contribution in [0, 0.1) is 38.5 Å². The Morgan fingerprint density at radius 1 is 0.791 bits per heavy atom. The second kappa shape index (κ2) is 14.6. The van der Waals surface area contributed by atoms with Crippen molar-refractivity contribution in [2.45, 2.75) is 91.2 Å². The number of hydrogen-bond donors (Lipinski definition) is 2. The molecule has 0 saturated carbocycles. The largest absolute Gasteiger partial charge is 0.455 e. The SMILES string of the molecule is Cc1cc(C)c(S(=O)(=O)N(Cc2ccccc2)[C@H](C)[C@@H](OC(=O)C([C@H](O)C(C)C)[C@@H](O)C(C)C)c2ccccc2)c(C)c1. The number of rotatable bonds is 13. The van der Waals surface area contributed by atoms with E-state index in [1.807, 2.05) is 55.5 Å². The fourth-order valence-electron chi connectivity index (χ4n) is 5.65. The Bertz CT molecular complexity index is 1420. The Labute approximate surface area is 257 Å². The summed E-state index contributed by atoms with van der Waals surface area (Å²) in [5.41, 5.74) is 3.62. The average molecular weight is 610 g/mol. The fraction of sp³-hybridized carbons (Fsp3) is 0.457. The molecule has 0 aliphatic heterocycles. The van der Waals surface area contributed by atoms with Gasteiger partial charge in [-0.25, -0.2) is 8.42 Å². The molecule has 234 valence electrons. The van der Waals surface area contributed by atoms with Gasteiger partial charge in [0.05, 0.1) is 23.1 Å². The maximum absolute atomic E-state index is 14.6. The molecule has 7 nitrogen and oxygen atoms in total. The number of sulfonamides is 1. The molecule has 0 amide bonds. The lowest BCUT2D eigenvalue weighted by atomic mass is 9.84. The molecule has 0 aliphatic rings. The minimum absolute atomic E-state index is 0.0463. The third-order valence-corrected chi connectivity index (χ3v) is 10.2. The van der Waals surface area contributed by atoms with Crippen LogP contribution in [0.1, 0.15) is 68.5 Å². The number of carbonyl (C=O) groups is 1. The van der Waals surface area contributed by atoms with Crippen molar-refractivity contribution in [1.29, 1.82) is 0 Å². The van der Waals surface area contributed by atoms with Crippen LogP contribution in [-0.2, 0) is 26.1 Å². The van der Waals surface area contributed by atoms with Crippen molar-refractivity contribution in [2.24, 2.45) is 17.8 Å². The van der Waals surface area contributed by atoms with Gasteiger partial charge in [0.15, 0.2) is 0 Å². The summed E-state index contributed by atoms with van der Waals surface area (Å²) in [6.45, 7) is 14.4. The summed E-state index contributed by atoms with van der Waals surface area (Å²) >= 11 is 0. The lowest BCUT2D eigenvalue weighted by molar-refractivity contribution is -0.170. The first kappa shape index (κ1) is 34.5. The van der Waals surface area contributed by atoms with E-state index in [0.717, 1.165) is 11.1 Å². The molecule has 0 aliphatic carbocycles. The fourth-order valence-corrected chi connectivity index (χ4v) is 7.69. The van der Waals surface area contributed by atoms with E-state index in [0.29, 0.717) is 16.7 Å². The summed E-state index contributed by atoms with van der Waals surface area (Å²) in [7, 11) is -4.10. The quantitative estimate of drug-likeness (QED) is 0.226. The van der Waals surface area contributed by atoms with Crippen LogP contribution in [0.25, 0.3) is 0 Å². The molecule has 0 fully saturated rings. The van der Waals surface area contributed by atoms with Gasteiger partial charge in [-0.1, -0.05) is 106 Å². The van der Waals surface area contributed by atoms with Gasteiger partial charge in [-0.05, 0) is 61.8 Å². The molecule has 0 saturated heterocycles. The van der Waals surface area contributed by atoms with Gasteiger partial charge in [0, 0.05) is 6.54 Å². The first-order valence-electron chi connectivity index (χ1n) is 14.9. The minimum atomic E-state index is -4.10. The monoisotopic (exact) mass is 609 g/mol. The number of aryl methyl sites for hydroxylation is 3. The predicted octanol–water partition coefficient (Wildman–Crippen LogP) is 6.13. The van der Waals surface area contributed by atoms with Crippen molar-refractivity contribution in [3.05, 3.63) is 101 Å². The number of aliphatic hydroxyl groups excluding tert-OH is 2. The maximum Gasteiger partial charge on any atom is 0.314 e. The van der Waals surface area contributed by atoms with Crippen molar-refractivity contribution in [3.8, 4) is 0 Å². The van der Waals surface area contributed by atoms with Crippen LogP contribution in [0.4, 0.5) is 0 Å². The molecule has 0 bridgehead atoms. The van der Waals surface area contributed by atoms with E-state index in [-0.39, 0.29) is 23.3 Å². The molecule has 1 unspecified atom stereocenters. The molecule has 3 rings (SSSR count). The number of esters is 1. The standard InChI is InChI=1S/C35H47NO6S/c1-22(2)31(37)30(32(38)23(3)4)35(39)42-33(29-17-13-10-14-18-29)27(8)36(21-28-15-11-9-12-16-28)43(40,41)34-25(6)19-24(5)20-26(34)7/h9-20,22-23,27,30-33,37-38H,21H2,1-8H3/t27-,30?,31-,32+,33-/m1/s1. The Balaban J connectivity index is 2.17. The second-order valence-electron chi connectivity index (χ2n) is 12.3. The Kier molecular flexibility index (Phi) is 11.7. The van der Waals surface area contributed by atoms with Gasteiger partial charge >= 0.3 is 5.97 Å². The third kappa shape index (κ3) is 8.12. The summed E-state index contributed by atoms with van der Waals surface area (Å²) in [5.74, 6) is -2.62. The topological polar surface area (TPSA) is 104 Å². The number of benzene rings is 3. The number of hydrogen-bond acceptors (Lipinski definition) is 6. The Morgan fingerprint density at radius 2 is 1.26 bits per heavy atom. The lowest BCUT2D eigenvalue weighted by Crippen LogP contribution is -2.47. The van der Waals surface area contributed by atoms with Crippen LogP contribution >= 0.6 is 0 Å². The molecule has 43 heavy (non-hydrogen) atoms. The molecular weight excluding hydrogens is 562 g/mol. The lowest BCUT2D eigenvalue weighted by Gasteiger charge is -2.37. The first-order valence-corrected chi connectivity index (χ1v) is 16.4. The van der Waals surface area contributed by atoms with Crippen LogP contribution in [0.3, 0.4) is 0 Å². The van der Waals surface area contributed by atoms with Crippen LogP contribution < -0.4 is 0 Å². The van der Waals surface area contributed by atoms with Gasteiger partial charge in [-0.2, -0.15) is 4.31 Å². The molecule has 0 heterocycles. The molecular formula is C35H47NO6S. The number of aliphatic hydroxyl groups is 2. The summed E-state index contributed by atoms with van der Waals surface area (Å²) in [4.78, 5) is 14.1. The third-order valence-electron chi connectivity index (χ3n) is 7.99. The zero-order valence-corrected chi connectivity index (χ0v) is 27.4. The smallest absolute Gasteiger partial charge is 0.314 e. The van der Waals surface area contributed by atoms with Crippen molar-refractivity contribution in [3.63, 3.8) is 0 Å². The zero-order chi connectivity index (χ0) is 32.1. The molecule has 0 radical (unpaired) electrons. The van der Waals surface area contributed by atoms with E-state index in [1.165, 1.54) is 4.31 Å². The van der Waals surface area contributed by atoms with Crippen LogP contribution in [0.5, 0.6) is 0 Å². The van der Waals surface area contributed by atoms with Crippen molar-refractivity contribution < 1.29 is 28.2 Å². The summed E-state index contributed by atoms with van der Waals surface area (Å²) < 4.78 is 36.7. The molecule has 0 spiro atoms. The van der Waals surface area contributed by atoms with Crippen LogP contribution in [-0.4, -0.2) is 47.2 Å². The molecule has 0 aromatic heterocycles. The van der Waals surface area contributed by atoms with Gasteiger partial charge in [0.25, 0.3) is 0 Å². The number of ether oxygens (including phenoxy) is 1. The summed E-state index contributed by atoms with van der Waals surface area (Å²) in [6, 6.07) is 21.2. The zero-order valence-electron chi connectivity index (χ0n) is 26.6. The van der Waals surface area contributed by atoms with Crippen LogP contribution in [0.2, 0.25) is 0 Å². The summed E-state index contributed by atoms with van der Waals surface area (Å²) in [6.07, 6.45) is -3.34. The molecule has 5 atom stereocenters. The first-order chi connectivity index (χ1) is 20.2. The van der Waals surface area contributed by atoms with E-state index in [9.17, 15) is 23.4 Å². The Morgan fingerprint density at radius 3 is 1.72 bits per heavy atom. The van der Waals surface area contributed by atoms with E-state index < -0.39 is 46.3 Å². The highest BCUT2D eigenvalue weighted by atomic mass is 32.2. The van der Waals surface area contributed by atoms with E-state index in [4.69, 9.17) is 4.74 Å². The molecule has 3 aromatic carbocycles. The van der Waals surface area contributed by atoms with Crippen molar-refractivity contribution >= 4 is 16.0 Å². The van der Waals surface area contributed by atoms with Gasteiger partial charge in [0.1, 0.15) is 12.0 Å². The average Bonchev–Trinajstić information content (AvgIpc) is 2.94. The molecule has 2 N–H and O–H groups in total. The van der Waals surface area contributed by atoms with E-state index in [2.05, 4.69) is 0 Å². The highest BCUT2D eigenvalue weighted by Crippen LogP contribution is 2.35. The van der Waals surface area contributed by atoms with Crippen LogP contribution in [0.15, 0.2) is 77.7 Å². The van der Waals surface area contributed by atoms with Crippen molar-refractivity contribution in [2.75, 3.05) is 0 Å². The van der Waals surface area contributed by atoms with Crippen molar-refractivity contribution in [1.82, 2.24) is 4.31 Å². The highest BCUT2D eigenvalue weighted by molar-refractivity contribution is 7.89. The van der Waals surface area contributed by atoms with E-state index >= 15 is 0 Å². The molecule has 8 heteroatoms. The summed E-state index contributed by atoms with van der Waals surface area (Å²) in [5, 5.41) is 22.0. The normalized spacial score (nSPS) is 15.7. The van der Waals surface area contributed by atoms with Gasteiger partial charge in [-0.3, -0.25) is 4.79 Å². The van der Waals surface area contributed by atoms with Gasteiger partial charge in [-0.15, -0.1) is 0 Å². The van der Waals surface area contributed by atoms with Gasteiger partial charge < -0.3 is 14.9 Å².